The predicted molar refractivity (Wildman–Crippen MR) is 85.6 cm³/mol. The monoisotopic (exact) mass is 317 g/mol. The summed E-state index contributed by atoms with van der Waals surface area (Å²) in [5.74, 6) is 2.69. The van der Waals surface area contributed by atoms with Gasteiger partial charge in [-0.25, -0.2) is 0 Å². The summed E-state index contributed by atoms with van der Waals surface area (Å²) >= 11 is 0. The standard InChI is InChI=1S/C18H23NO4/c1-12-11-15(12)16-5-3-14(23-16)4-6-17(20)19-9-7-13(8-10-19)18(21)22-2/h3-6,12-13,15H,7-11H2,1-2H3/b6-4+. The van der Waals surface area contributed by atoms with Crippen molar-refractivity contribution in [1.82, 2.24) is 4.90 Å². The maximum absolute atomic E-state index is 12.2. The van der Waals surface area contributed by atoms with Gasteiger partial charge in [0.05, 0.1) is 13.0 Å². The lowest BCUT2D eigenvalue weighted by Gasteiger charge is -2.29. The average molecular weight is 317 g/mol. The van der Waals surface area contributed by atoms with E-state index in [0.717, 1.165) is 11.5 Å². The van der Waals surface area contributed by atoms with Crippen molar-refractivity contribution in [2.75, 3.05) is 20.2 Å². The molecule has 0 N–H and O–H groups in total. The van der Waals surface area contributed by atoms with E-state index < -0.39 is 0 Å². The molecule has 124 valence electrons. The van der Waals surface area contributed by atoms with Gasteiger partial charge in [-0.15, -0.1) is 0 Å². The Balaban J connectivity index is 1.51. The smallest absolute Gasteiger partial charge is 0.308 e. The van der Waals surface area contributed by atoms with E-state index in [4.69, 9.17) is 9.15 Å². The third-order valence-electron chi connectivity index (χ3n) is 4.85. The van der Waals surface area contributed by atoms with Gasteiger partial charge in [-0.2, -0.15) is 0 Å². The van der Waals surface area contributed by atoms with Gasteiger partial charge in [0.1, 0.15) is 11.5 Å². The summed E-state index contributed by atoms with van der Waals surface area (Å²) in [5, 5.41) is 0. The Morgan fingerprint density at radius 1 is 1.30 bits per heavy atom. The molecule has 2 atom stereocenters. The summed E-state index contributed by atoms with van der Waals surface area (Å²) in [6.45, 7) is 3.39. The van der Waals surface area contributed by atoms with Crippen molar-refractivity contribution in [1.29, 1.82) is 0 Å². The largest absolute Gasteiger partial charge is 0.469 e. The number of rotatable bonds is 4. The molecule has 2 heterocycles. The molecule has 1 saturated carbocycles. The number of hydrogen-bond acceptors (Lipinski definition) is 4. The number of hydrogen-bond donors (Lipinski definition) is 0. The molecule has 1 aliphatic carbocycles. The molecule has 1 aliphatic heterocycles. The zero-order chi connectivity index (χ0) is 16.4. The summed E-state index contributed by atoms with van der Waals surface area (Å²) in [4.78, 5) is 25.5. The van der Waals surface area contributed by atoms with Gasteiger partial charge in [0.15, 0.2) is 0 Å². The molecule has 23 heavy (non-hydrogen) atoms. The lowest BCUT2D eigenvalue weighted by Crippen LogP contribution is -2.39. The number of furan rings is 1. The first kappa shape index (κ1) is 15.8. The number of likely N-dealkylation sites (tertiary alicyclic amines) is 1. The van der Waals surface area contributed by atoms with Crippen LogP contribution in [0, 0.1) is 11.8 Å². The molecule has 1 aromatic rings. The van der Waals surface area contributed by atoms with Crippen molar-refractivity contribution in [2.24, 2.45) is 11.8 Å². The molecular formula is C18H23NO4. The number of piperidine rings is 1. The second-order valence-corrected chi connectivity index (χ2v) is 6.52. The van der Waals surface area contributed by atoms with Crippen LogP contribution in [-0.4, -0.2) is 37.0 Å². The molecule has 5 heteroatoms. The Kier molecular flexibility index (Phi) is 4.55. The van der Waals surface area contributed by atoms with Crippen LogP contribution in [-0.2, 0) is 14.3 Å². The minimum absolute atomic E-state index is 0.0361. The fourth-order valence-electron chi connectivity index (χ4n) is 3.14. The second-order valence-electron chi connectivity index (χ2n) is 6.52. The highest BCUT2D eigenvalue weighted by atomic mass is 16.5. The van der Waals surface area contributed by atoms with E-state index >= 15 is 0 Å². The van der Waals surface area contributed by atoms with E-state index in [2.05, 4.69) is 6.92 Å². The van der Waals surface area contributed by atoms with Gasteiger partial charge in [0, 0.05) is 25.1 Å². The lowest BCUT2D eigenvalue weighted by atomic mass is 9.97. The quantitative estimate of drug-likeness (QED) is 0.633. The summed E-state index contributed by atoms with van der Waals surface area (Å²) in [6.07, 6.45) is 5.79. The normalized spacial score (nSPS) is 24.9. The lowest BCUT2D eigenvalue weighted by molar-refractivity contribution is -0.148. The molecule has 0 spiro atoms. The van der Waals surface area contributed by atoms with E-state index in [1.807, 2.05) is 12.1 Å². The number of ether oxygens (including phenoxy) is 1. The number of methoxy groups -OCH3 is 1. The Hall–Kier alpha value is -2.04. The molecule has 0 radical (unpaired) electrons. The molecular weight excluding hydrogens is 294 g/mol. The second kappa shape index (κ2) is 6.60. The molecule has 3 rings (SSSR count). The predicted octanol–water partition coefficient (Wildman–Crippen LogP) is 2.83. The number of esters is 1. The molecule has 1 saturated heterocycles. The van der Waals surface area contributed by atoms with Crippen molar-refractivity contribution in [3.05, 3.63) is 29.7 Å². The molecule has 2 unspecified atom stereocenters. The highest BCUT2D eigenvalue weighted by Gasteiger charge is 2.36. The molecule has 2 aliphatic rings. The average Bonchev–Trinajstić information content (AvgIpc) is 3.12. The van der Waals surface area contributed by atoms with Crippen molar-refractivity contribution in [3.63, 3.8) is 0 Å². The van der Waals surface area contributed by atoms with Gasteiger partial charge in [0.25, 0.3) is 0 Å². The fraction of sp³-hybridized carbons (Fsp3) is 0.556. The van der Waals surface area contributed by atoms with Crippen LogP contribution in [0.1, 0.15) is 43.6 Å². The highest BCUT2D eigenvalue weighted by molar-refractivity contribution is 5.91. The van der Waals surface area contributed by atoms with Gasteiger partial charge in [-0.1, -0.05) is 6.92 Å². The van der Waals surface area contributed by atoms with Crippen molar-refractivity contribution >= 4 is 18.0 Å². The van der Waals surface area contributed by atoms with Gasteiger partial charge in [0.2, 0.25) is 5.91 Å². The Morgan fingerprint density at radius 3 is 2.61 bits per heavy atom. The maximum Gasteiger partial charge on any atom is 0.308 e. The zero-order valence-corrected chi connectivity index (χ0v) is 13.7. The molecule has 1 aromatic heterocycles. The number of amides is 1. The number of carbonyl (C=O) groups is 2. The van der Waals surface area contributed by atoms with Crippen molar-refractivity contribution in [2.45, 2.75) is 32.1 Å². The van der Waals surface area contributed by atoms with E-state index in [9.17, 15) is 9.59 Å². The molecule has 2 fully saturated rings. The summed E-state index contributed by atoms with van der Waals surface area (Å²) in [6, 6.07) is 3.91. The molecule has 0 aromatic carbocycles. The first-order valence-electron chi connectivity index (χ1n) is 8.23. The van der Waals surface area contributed by atoms with Crippen LogP contribution in [0.15, 0.2) is 22.6 Å². The van der Waals surface area contributed by atoms with Crippen LogP contribution in [0.2, 0.25) is 0 Å². The van der Waals surface area contributed by atoms with Crippen LogP contribution in [0.3, 0.4) is 0 Å². The zero-order valence-electron chi connectivity index (χ0n) is 13.7. The maximum atomic E-state index is 12.2. The van der Waals surface area contributed by atoms with Crippen molar-refractivity contribution in [3.8, 4) is 0 Å². The number of carbonyl (C=O) groups excluding carboxylic acids is 2. The van der Waals surface area contributed by atoms with Crippen LogP contribution < -0.4 is 0 Å². The Morgan fingerprint density at radius 2 is 2.00 bits per heavy atom. The van der Waals surface area contributed by atoms with E-state index in [1.165, 1.54) is 13.5 Å². The number of nitrogens with zero attached hydrogens (tertiary/aromatic N) is 1. The van der Waals surface area contributed by atoms with E-state index in [0.29, 0.717) is 37.8 Å². The van der Waals surface area contributed by atoms with Gasteiger partial charge >= 0.3 is 5.97 Å². The van der Waals surface area contributed by atoms with Gasteiger partial charge < -0.3 is 14.1 Å². The van der Waals surface area contributed by atoms with Crippen LogP contribution in [0.25, 0.3) is 6.08 Å². The minimum Gasteiger partial charge on any atom is -0.469 e. The van der Waals surface area contributed by atoms with Gasteiger partial charge in [-0.05, 0) is 43.4 Å². The first-order valence-corrected chi connectivity index (χ1v) is 8.23. The third-order valence-corrected chi connectivity index (χ3v) is 4.85. The van der Waals surface area contributed by atoms with Crippen LogP contribution in [0.4, 0.5) is 0 Å². The molecule has 1 amide bonds. The van der Waals surface area contributed by atoms with Crippen LogP contribution >= 0.6 is 0 Å². The van der Waals surface area contributed by atoms with Gasteiger partial charge in [-0.3, -0.25) is 9.59 Å². The topological polar surface area (TPSA) is 59.8 Å². The summed E-state index contributed by atoms with van der Waals surface area (Å²) in [7, 11) is 1.41. The third kappa shape index (κ3) is 3.66. The van der Waals surface area contributed by atoms with E-state index in [-0.39, 0.29) is 17.8 Å². The first-order chi connectivity index (χ1) is 11.1. The van der Waals surface area contributed by atoms with Crippen LogP contribution in [0.5, 0.6) is 0 Å². The summed E-state index contributed by atoms with van der Waals surface area (Å²) < 4.78 is 10.5. The summed E-state index contributed by atoms with van der Waals surface area (Å²) in [5.41, 5.74) is 0. The Labute approximate surface area is 136 Å². The molecule has 0 bridgehead atoms. The SMILES string of the molecule is COC(=O)C1CCN(C(=O)/C=C/c2ccc(C3CC3C)o2)CC1. The fourth-order valence-corrected chi connectivity index (χ4v) is 3.14. The Bertz CT molecular complexity index is 610. The minimum atomic E-state index is -0.176. The van der Waals surface area contributed by atoms with E-state index in [1.54, 1.807) is 17.1 Å². The highest BCUT2D eigenvalue weighted by Crippen LogP contribution is 2.47. The molecule has 5 nitrogen and oxygen atoms in total. The van der Waals surface area contributed by atoms with Crippen molar-refractivity contribution < 1.29 is 18.7 Å².